The highest BCUT2D eigenvalue weighted by Gasteiger charge is 2.38. The van der Waals surface area contributed by atoms with E-state index in [1.165, 1.54) is 6.92 Å². The fourth-order valence-corrected chi connectivity index (χ4v) is 3.43. The molecule has 1 aromatic rings. The molecular formula is C18H31N5O3. The van der Waals surface area contributed by atoms with E-state index < -0.39 is 5.54 Å². The molecule has 1 aromatic heterocycles. The van der Waals surface area contributed by atoms with Gasteiger partial charge in [0.05, 0.1) is 0 Å². The molecular weight excluding hydrogens is 334 g/mol. The first kappa shape index (κ1) is 20.4. The van der Waals surface area contributed by atoms with Gasteiger partial charge in [-0.05, 0) is 32.9 Å². The molecule has 8 nitrogen and oxygen atoms in total. The maximum absolute atomic E-state index is 11.9. The van der Waals surface area contributed by atoms with Gasteiger partial charge in [0, 0.05) is 26.3 Å². The molecule has 146 valence electrons. The summed E-state index contributed by atoms with van der Waals surface area (Å²) in [5.74, 6) is 0.879. The van der Waals surface area contributed by atoms with Crippen LogP contribution in [0.3, 0.4) is 0 Å². The van der Waals surface area contributed by atoms with Crippen molar-refractivity contribution in [2.45, 2.75) is 70.3 Å². The highest BCUT2D eigenvalue weighted by molar-refractivity contribution is 5.76. The molecule has 1 saturated carbocycles. The lowest BCUT2D eigenvalue weighted by molar-refractivity contribution is -0.122. The molecule has 1 heterocycles. The van der Waals surface area contributed by atoms with Crippen molar-refractivity contribution < 1.29 is 14.1 Å². The Morgan fingerprint density at radius 2 is 1.88 bits per heavy atom. The van der Waals surface area contributed by atoms with Crippen LogP contribution in [-0.2, 0) is 21.5 Å². The molecule has 0 atom stereocenters. The van der Waals surface area contributed by atoms with E-state index in [2.05, 4.69) is 26.1 Å². The van der Waals surface area contributed by atoms with Crippen molar-refractivity contribution in [1.29, 1.82) is 0 Å². The van der Waals surface area contributed by atoms with Crippen LogP contribution < -0.4 is 16.0 Å². The summed E-state index contributed by atoms with van der Waals surface area (Å²) >= 11 is 0. The second kappa shape index (κ2) is 10.3. The summed E-state index contributed by atoms with van der Waals surface area (Å²) in [7, 11) is 1.89. The Balaban J connectivity index is 1.93. The number of carbonyl (C=O) groups is 2. The van der Waals surface area contributed by atoms with Crippen molar-refractivity contribution in [2.24, 2.45) is 0 Å². The van der Waals surface area contributed by atoms with Gasteiger partial charge in [-0.15, -0.1) is 0 Å². The maximum atomic E-state index is 11.9. The number of nitrogens with zero attached hydrogens (tertiary/aromatic N) is 2. The van der Waals surface area contributed by atoms with Crippen molar-refractivity contribution in [1.82, 2.24) is 26.1 Å². The second-order valence-electron chi connectivity index (χ2n) is 7.00. The van der Waals surface area contributed by atoms with E-state index in [4.69, 9.17) is 4.52 Å². The lowest BCUT2D eigenvalue weighted by Gasteiger charge is -2.30. The van der Waals surface area contributed by atoms with Crippen LogP contribution in [0.5, 0.6) is 0 Å². The zero-order valence-electron chi connectivity index (χ0n) is 15.9. The smallest absolute Gasteiger partial charge is 0.227 e. The summed E-state index contributed by atoms with van der Waals surface area (Å²) < 4.78 is 5.36. The van der Waals surface area contributed by atoms with E-state index >= 15 is 0 Å². The molecule has 0 saturated heterocycles. The van der Waals surface area contributed by atoms with E-state index in [1.54, 1.807) is 0 Å². The van der Waals surface area contributed by atoms with Crippen LogP contribution in [0.4, 0.5) is 0 Å². The van der Waals surface area contributed by atoms with Crippen molar-refractivity contribution >= 4 is 11.8 Å². The third-order valence-corrected chi connectivity index (χ3v) is 4.76. The molecule has 1 aliphatic carbocycles. The largest absolute Gasteiger partial charge is 0.356 e. The number of hydrogen-bond acceptors (Lipinski definition) is 6. The summed E-state index contributed by atoms with van der Waals surface area (Å²) in [6, 6.07) is 0. The van der Waals surface area contributed by atoms with Crippen LogP contribution in [0.2, 0.25) is 0 Å². The first-order chi connectivity index (χ1) is 12.6. The Labute approximate surface area is 154 Å². The van der Waals surface area contributed by atoms with E-state index in [-0.39, 0.29) is 11.8 Å². The van der Waals surface area contributed by atoms with Gasteiger partial charge in [0.1, 0.15) is 5.54 Å². The third-order valence-electron chi connectivity index (χ3n) is 4.76. The van der Waals surface area contributed by atoms with Crippen LogP contribution in [-0.4, -0.2) is 42.1 Å². The SMILES string of the molecule is CNCCCNC(=O)CCc1nc(C2(NC(C)=O)CCCCCC2)no1. The summed E-state index contributed by atoms with van der Waals surface area (Å²) in [6.45, 7) is 3.05. The second-order valence-corrected chi connectivity index (χ2v) is 7.00. The third kappa shape index (κ3) is 6.09. The molecule has 0 bridgehead atoms. The van der Waals surface area contributed by atoms with Crippen LogP contribution >= 0.6 is 0 Å². The predicted molar refractivity (Wildman–Crippen MR) is 97.4 cm³/mol. The minimum atomic E-state index is -0.542. The molecule has 2 amide bonds. The molecule has 1 fully saturated rings. The Morgan fingerprint density at radius 1 is 1.15 bits per heavy atom. The fraction of sp³-hybridized carbons (Fsp3) is 0.778. The molecule has 26 heavy (non-hydrogen) atoms. The first-order valence-corrected chi connectivity index (χ1v) is 9.59. The van der Waals surface area contributed by atoms with Gasteiger partial charge in [-0.1, -0.05) is 30.8 Å². The molecule has 3 N–H and O–H groups in total. The zero-order valence-corrected chi connectivity index (χ0v) is 15.9. The van der Waals surface area contributed by atoms with Crippen LogP contribution in [0, 0.1) is 0 Å². The van der Waals surface area contributed by atoms with Gasteiger partial charge in [0.2, 0.25) is 17.7 Å². The molecule has 1 aliphatic rings. The van der Waals surface area contributed by atoms with E-state index in [0.717, 1.165) is 51.5 Å². The summed E-state index contributed by atoms with van der Waals surface area (Å²) in [5.41, 5.74) is -0.542. The summed E-state index contributed by atoms with van der Waals surface area (Å²) in [4.78, 5) is 28.1. The van der Waals surface area contributed by atoms with Gasteiger partial charge in [0.15, 0.2) is 5.82 Å². The normalized spacial score (nSPS) is 16.7. The predicted octanol–water partition coefficient (Wildman–Crippen LogP) is 1.41. The molecule has 0 spiro atoms. The fourth-order valence-electron chi connectivity index (χ4n) is 3.43. The number of aromatic nitrogens is 2. The number of aryl methyl sites for hydroxylation is 1. The lowest BCUT2D eigenvalue weighted by atomic mass is 9.89. The van der Waals surface area contributed by atoms with Gasteiger partial charge in [-0.25, -0.2) is 0 Å². The van der Waals surface area contributed by atoms with E-state index in [1.807, 2.05) is 7.05 Å². The van der Waals surface area contributed by atoms with E-state index in [0.29, 0.717) is 31.1 Å². The molecule has 0 radical (unpaired) electrons. The van der Waals surface area contributed by atoms with Crippen LogP contribution in [0.15, 0.2) is 4.52 Å². The number of nitrogens with one attached hydrogen (secondary N) is 3. The molecule has 2 rings (SSSR count). The molecule has 0 unspecified atom stereocenters. The summed E-state index contributed by atoms with van der Waals surface area (Å²) in [6.07, 6.45) is 7.61. The van der Waals surface area contributed by atoms with Crippen molar-refractivity contribution in [3.05, 3.63) is 11.7 Å². The van der Waals surface area contributed by atoms with Gasteiger partial charge < -0.3 is 20.5 Å². The topological polar surface area (TPSA) is 109 Å². The average Bonchev–Trinajstić information content (AvgIpc) is 2.97. The highest BCUT2D eigenvalue weighted by atomic mass is 16.5. The molecule has 0 aliphatic heterocycles. The quantitative estimate of drug-likeness (QED) is 0.451. The number of carbonyl (C=O) groups excluding carboxylic acids is 2. The van der Waals surface area contributed by atoms with Gasteiger partial charge in [0.25, 0.3) is 0 Å². The Kier molecular flexibility index (Phi) is 8.03. The molecule has 0 aromatic carbocycles. The first-order valence-electron chi connectivity index (χ1n) is 9.59. The Hall–Kier alpha value is -1.96. The standard InChI is InChI=1S/C18H31N5O3/c1-14(24)22-18(10-5-3-4-6-11-18)17-21-16(26-23-17)9-8-15(25)20-13-7-12-19-2/h19H,3-13H2,1-2H3,(H,20,25)(H,22,24). The van der Waals surface area contributed by atoms with Gasteiger partial charge in [-0.2, -0.15) is 4.98 Å². The monoisotopic (exact) mass is 365 g/mol. The number of amides is 2. The zero-order chi connectivity index (χ0) is 18.8. The van der Waals surface area contributed by atoms with Gasteiger partial charge in [-0.3, -0.25) is 9.59 Å². The minimum Gasteiger partial charge on any atom is -0.356 e. The maximum Gasteiger partial charge on any atom is 0.227 e. The number of rotatable bonds is 9. The summed E-state index contributed by atoms with van der Waals surface area (Å²) in [5, 5.41) is 13.1. The lowest BCUT2D eigenvalue weighted by Crippen LogP contribution is -2.45. The van der Waals surface area contributed by atoms with Crippen molar-refractivity contribution in [3.63, 3.8) is 0 Å². The molecule has 8 heteroatoms. The average molecular weight is 365 g/mol. The van der Waals surface area contributed by atoms with Crippen molar-refractivity contribution in [3.8, 4) is 0 Å². The van der Waals surface area contributed by atoms with Crippen LogP contribution in [0.25, 0.3) is 0 Å². The van der Waals surface area contributed by atoms with E-state index in [9.17, 15) is 9.59 Å². The van der Waals surface area contributed by atoms with Gasteiger partial charge >= 0.3 is 0 Å². The van der Waals surface area contributed by atoms with Crippen LogP contribution in [0.1, 0.15) is 70.0 Å². The number of hydrogen-bond donors (Lipinski definition) is 3. The van der Waals surface area contributed by atoms with Crippen molar-refractivity contribution in [2.75, 3.05) is 20.1 Å². The highest BCUT2D eigenvalue weighted by Crippen LogP contribution is 2.34. The Bertz CT molecular complexity index is 579. The Morgan fingerprint density at radius 3 is 2.54 bits per heavy atom. The minimum absolute atomic E-state index is 0.0214.